The second kappa shape index (κ2) is 3.05. The third-order valence-corrected chi connectivity index (χ3v) is 1.10. The fourth-order valence-electron chi connectivity index (χ4n) is 0.647. The van der Waals surface area contributed by atoms with E-state index in [1.54, 1.807) is 0 Å². The molecule has 0 fully saturated rings. The van der Waals surface area contributed by atoms with Crippen LogP contribution in [0.15, 0.2) is 10.6 Å². The topological polar surface area (TPSA) is 81.2 Å². The smallest absolute Gasteiger partial charge is 0.273 e. The molecule has 0 bridgehead atoms. The van der Waals surface area contributed by atoms with E-state index in [0.29, 0.717) is 6.54 Å². The van der Waals surface area contributed by atoms with E-state index >= 15 is 0 Å². The fourth-order valence-corrected chi connectivity index (χ4v) is 0.647. The summed E-state index contributed by atoms with van der Waals surface area (Å²) in [6, 6.07) is 1.38. The number of hydrogen-bond donors (Lipinski definition) is 2. The molecule has 0 aliphatic rings. The van der Waals surface area contributed by atoms with Crippen LogP contribution in [0.4, 0.5) is 5.88 Å². The molecule has 1 aromatic rings. The zero-order valence-electron chi connectivity index (χ0n) is 6.13. The van der Waals surface area contributed by atoms with E-state index < -0.39 is 0 Å². The molecule has 1 heterocycles. The van der Waals surface area contributed by atoms with Crippen molar-refractivity contribution < 1.29 is 9.32 Å². The number of aromatic nitrogens is 1. The lowest BCUT2D eigenvalue weighted by molar-refractivity contribution is 0.0947. The molecule has 0 aromatic carbocycles. The number of carbonyl (C=O) groups excluding carboxylic acids is 1. The van der Waals surface area contributed by atoms with Crippen LogP contribution in [0.25, 0.3) is 0 Å². The monoisotopic (exact) mass is 155 g/mol. The largest absolute Gasteiger partial charge is 0.368 e. The second-order valence-corrected chi connectivity index (χ2v) is 1.97. The number of nitrogens with one attached hydrogen (secondary N) is 1. The molecule has 0 aliphatic carbocycles. The summed E-state index contributed by atoms with van der Waals surface area (Å²) in [6.45, 7) is 2.38. The second-order valence-electron chi connectivity index (χ2n) is 1.97. The molecule has 1 rings (SSSR count). The molecule has 0 radical (unpaired) electrons. The molecule has 5 heteroatoms. The molecule has 60 valence electrons. The Kier molecular flexibility index (Phi) is 2.10. The zero-order chi connectivity index (χ0) is 8.27. The minimum Gasteiger partial charge on any atom is -0.368 e. The van der Waals surface area contributed by atoms with E-state index in [1.165, 1.54) is 6.07 Å². The summed E-state index contributed by atoms with van der Waals surface area (Å²) in [5, 5.41) is 5.98. The van der Waals surface area contributed by atoms with Gasteiger partial charge in [-0.2, -0.15) is 0 Å². The number of hydrogen-bond acceptors (Lipinski definition) is 4. The van der Waals surface area contributed by atoms with Gasteiger partial charge >= 0.3 is 0 Å². The van der Waals surface area contributed by atoms with Crippen molar-refractivity contribution in [2.45, 2.75) is 6.92 Å². The quantitative estimate of drug-likeness (QED) is 0.630. The molecule has 0 spiro atoms. The number of nitrogens with zero attached hydrogens (tertiary/aromatic N) is 1. The van der Waals surface area contributed by atoms with Crippen molar-refractivity contribution in [3.63, 3.8) is 0 Å². The van der Waals surface area contributed by atoms with Gasteiger partial charge < -0.3 is 15.6 Å². The Labute approximate surface area is 63.5 Å². The van der Waals surface area contributed by atoms with Crippen molar-refractivity contribution in [2.75, 3.05) is 12.3 Å². The first-order valence-corrected chi connectivity index (χ1v) is 3.24. The summed E-state index contributed by atoms with van der Waals surface area (Å²) >= 11 is 0. The highest BCUT2D eigenvalue weighted by atomic mass is 16.5. The van der Waals surface area contributed by atoms with Crippen molar-refractivity contribution >= 4 is 11.8 Å². The van der Waals surface area contributed by atoms with E-state index in [1.807, 2.05) is 6.92 Å². The Morgan fingerprint density at radius 2 is 2.64 bits per heavy atom. The Hall–Kier alpha value is -1.52. The van der Waals surface area contributed by atoms with Crippen molar-refractivity contribution in [1.82, 2.24) is 10.5 Å². The summed E-state index contributed by atoms with van der Waals surface area (Å²) in [6.07, 6.45) is 0. The van der Waals surface area contributed by atoms with Gasteiger partial charge in [0.15, 0.2) is 5.69 Å². The number of rotatable bonds is 2. The van der Waals surface area contributed by atoms with Crippen LogP contribution >= 0.6 is 0 Å². The van der Waals surface area contributed by atoms with Crippen molar-refractivity contribution in [3.8, 4) is 0 Å². The van der Waals surface area contributed by atoms with Crippen LogP contribution in [0, 0.1) is 0 Å². The number of nitrogen functional groups attached to an aromatic ring is 1. The van der Waals surface area contributed by atoms with Crippen LogP contribution in [-0.4, -0.2) is 17.6 Å². The van der Waals surface area contributed by atoms with Gasteiger partial charge in [-0.25, -0.2) is 0 Å². The van der Waals surface area contributed by atoms with E-state index in [9.17, 15) is 4.79 Å². The van der Waals surface area contributed by atoms with Gasteiger partial charge in [0.05, 0.1) is 0 Å². The van der Waals surface area contributed by atoms with Crippen LogP contribution in [0.5, 0.6) is 0 Å². The number of nitrogens with two attached hydrogens (primary N) is 1. The first-order valence-electron chi connectivity index (χ1n) is 3.24. The van der Waals surface area contributed by atoms with Crippen molar-refractivity contribution in [3.05, 3.63) is 11.8 Å². The Bertz CT molecular complexity index is 256. The highest BCUT2D eigenvalue weighted by Crippen LogP contribution is 2.03. The molecule has 11 heavy (non-hydrogen) atoms. The lowest BCUT2D eigenvalue weighted by atomic mass is 10.4. The van der Waals surface area contributed by atoms with E-state index in [4.69, 9.17) is 5.73 Å². The molecular formula is C6H9N3O2. The van der Waals surface area contributed by atoms with Gasteiger partial charge in [0, 0.05) is 12.6 Å². The summed E-state index contributed by atoms with van der Waals surface area (Å²) in [7, 11) is 0. The van der Waals surface area contributed by atoms with E-state index in [-0.39, 0.29) is 17.5 Å². The van der Waals surface area contributed by atoms with Crippen LogP contribution in [0.2, 0.25) is 0 Å². The molecule has 1 aromatic heterocycles. The van der Waals surface area contributed by atoms with Gasteiger partial charge in [-0.05, 0) is 6.92 Å². The summed E-state index contributed by atoms with van der Waals surface area (Å²) in [5.74, 6) is -0.126. The SMILES string of the molecule is CCNC(=O)c1cc(N)on1. The van der Waals surface area contributed by atoms with Crippen LogP contribution in [-0.2, 0) is 0 Å². The number of anilines is 1. The van der Waals surface area contributed by atoms with Gasteiger partial charge in [0.2, 0.25) is 5.88 Å². The highest BCUT2D eigenvalue weighted by Gasteiger charge is 2.08. The predicted octanol–water partition coefficient (Wildman–Crippen LogP) is 0.00650. The minimum atomic E-state index is -0.270. The minimum absolute atomic E-state index is 0.145. The zero-order valence-corrected chi connectivity index (χ0v) is 6.13. The van der Waals surface area contributed by atoms with Gasteiger partial charge in [-0.15, -0.1) is 0 Å². The number of amides is 1. The molecule has 1 amide bonds. The number of carbonyl (C=O) groups is 1. The summed E-state index contributed by atoms with van der Waals surface area (Å²) in [5.41, 5.74) is 5.42. The van der Waals surface area contributed by atoms with Crippen LogP contribution < -0.4 is 11.1 Å². The third kappa shape index (κ3) is 1.70. The average molecular weight is 155 g/mol. The first kappa shape index (κ1) is 7.59. The molecule has 3 N–H and O–H groups in total. The van der Waals surface area contributed by atoms with Gasteiger partial charge in [0.1, 0.15) is 0 Å². The van der Waals surface area contributed by atoms with Gasteiger partial charge in [-0.3, -0.25) is 4.79 Å². The van der Waals surface area contributed by atoms with E-state index in [0.717, 1.165) is 0 Å². The molecule has 0 saturated heterocycles. The summed E-state index contributed by atoms with van der Waals surface area (Å²) < 4.78 is 4.50. The van der Waals surface area contributed by atoms with Crippen molar-refractivity contribution in [2.24, 2.45) is 0 Å². The molecule has 0 atom stereocenters. The first-order chi connectivity index (χ1) is 5.24. The fraction of sp³-hybridized carbons (Fsp3) is 0.333. The maximum atomic E-state index is 11.0. The lowest BCUT2D eigenvalue weighted by Gasteiger charge is -1.93. The Morgan fingerprint density at radius 1 is 1.91 bits per heavy atom. The van der Waals surface area contributed by atoms with Gasteiger partial charge in [-0.1, -0.05) is 5.16 Å². The van der Waals surface area contributed by atoms with Gasteiger partial charge in [0.25, 0.3) is 5.91 Å². The third-order valence-electron chi connectivity index (χ3n) is 1.10. The standard InChI is InChI=1S/C6H9N3O2/c1-2-8-6(10)4-3-5(7)11-9-4/h3H,2,7H2,1H3,(H,8,10). The summed E-state index contributed by atoms with van der Waals surface area (Å²) in [4.78, 5) is 11.0. The van der Waals surface area contributed by atoms with E-state index in [2.05, 4.69) is 15.0 Å². The average Bonchev–Trinajstić information content (AvgIpc) is 2.36. The Morgan fingerprint density at radius 3 is 3.09 bits per heavy atom. The lowest BCUT2D eigenvalue weighted by Crippen LogP contribution is -2.22. The highest BCUT2D eigenvalue weighted by molar-refractivity contribution is 5.92. The van der Waals surface area contributed by atoms with Crippen LogP contribution in [0.1, 0.15) is 17.4 Å². The maximum absolute atomic E-state index is 11.0. The predicted molar refractivity (Wildman–Crippen MR) is 38.9 cm³/mol. The van der Waals surface area contributed by atoms with Crippen LogP contribution in [0.3, 0.4) is 0 Å². The molecule has 0 saturated carbocycles. The molecule has 0 aliphatic heterocycles. The molecule has 5 nitrogen and oxygen atoms in total. The normalized spacial score (nSPS) is 9.55. The molecule has 0 unspecified atom stereocenters. The Balaban J connectivity index is 2.69. The maximum Gasteiger partial charge on any atom is 0.273 e. The molecular weight excluding hydrogens is 146 g/mol. The van der Waals surface area contributed by atoms with Crippen molar-refractivity contribution in [1.29, 1.82) is 0 Å².